The van der Waals surface area contributed by atoms with Crippen LogP contribution in [0.3, 0.4) is 0 Å². The van der Waals surface area contributed by atoms with Crippen LogP contribution in [0.5, 0.6) is 0 Å². The summed E-state index contributed by atoms with van der Waals surface area (Å²) in [6.45, 7) is 5.67. The van der Waals surface area contributed by atoms with Gasteiger partial charge in [-0.1, -0.05) is 0 Å². The highest BCUT2D eigenvalue weighted by Gasteiger charge is 2.32. The fourth-order valence-electron chi connectivity index (χ4n) is 1.73. The molecule has 1 amide bonds. The van der Waals surface area contributed by atoms with Crippen molar-refractivity contribution in [1.82, 2.24) is 5.32 Å². The zero-order valence-electron chi connectivity index (χ0n) is 10.1. The molecule has 0 radical (unpaired) electrons. The molecule has 0 saturated carbocycles. The molecule has 1 aliphatic rings. The van der Waals surface area contributed by atoms with E-state index in [1.165, 1.54) is 0 Å². The van der Waals surface area contributed by atoms with E-state index < -0.39 is 0 Å². The molecule has 5 nitrogen and oxygen atoms in total. The molecule has 1 rings (SSSR count). The van der Waals surface area contributed by atoms with Gasteiger partial charge in [-0.2, -0.15) is 0 Å². The van der Waals surface area contributed by atoms with Crippen molar-refractivity contribution >= 4 is 5.91 Å². The molecule has 0 spiro atoms. The fourth-order valence-corrected chi connectivity index (χ4v) is 1.73. The molecule has 0 bridgehead atoms. The van der Waals surface area contributed by atoms with Crippen LogP contribution in [0.4, 0.5) is 0 Å². The predicted molar refractivity (Wildman–Crippen MR) is 61.1 cm³/mol. The highest BCUT2D eigenvalue weighted by Crippen LogP contribution is 2.23. The first-order valence-electron chi connectivity index (χ1n) is 5.79. The molecule has 94 valence electrons. The van der Waals surface area contributed by atoms with Crippen molar-refractivity contribution in [2.45, 2.75) is 38.3 Å². The lowest BCUT2D eigenvalue weighted by molar-refractivity contribution is -0.142. The lowest BCUT2D eigenvalue weighted by Gasteiger charge is -2.35. The first kappa shape index (κ1) is 13.4. The molecule has 16 heavy (non-hydrogen) atoms. The molecule has 5 heteroatoms. The number of rotatable bonds is 5. The van der Waals surface area contributed by atoms with Gasteiger partial charge in [-0.3, -0.25) is 4.79 Å². The Morgan fingerprint density at radius 3 is 2.62 bits per heavy atom. The average Bonchev–Trinajstić information content (AvgIpc) is 2.27. The van der Waals surface area contributed by atoms with Gasteiger partial charge in [0.2, 0.25) is 5.91 Å². The van der Waals surface area contributed by atoms with Crippen molar-refractivity contribution in [3.63, 3.8) is 0 Å². The molecule has 0 aliphatic carbocycles. The molecule has 1 fully saturated rings. The maximum Gasteiger partial charge on any atom is 0.246 e. The Morgan fingerprint density at radius 2 is 2.12 bits per heavy atom. The van der Waals surface area contributed by atoms with Crippen molar-refractivity contribution in [2.75, 3.05) is 26.4 Å². The first-order valence-corrected chi connectivity index (χ1v) is 5.79. The summed E-state index contributed by atoms with van der Waals surface area (Å²) in [5.74, 6) is -0.0886. The molecule has 1 aliphatic heterocycles. The van der Waals surface area contributed by atoms with E-state index in [0.29, 0.717) is 19.8 Å². The zero-order chi connectivity index (χ0) is 12.0. The lowest BCUT2D eigenvalue weighted by atomic mass is 9.94. The van der Waals surface area contributed by atoms with Gasteiger partial charge in [0.05, 0.1) is 5.60 Å². The third-order valence-corrected chi connectivity index (χ3v) is 2.74. The van der Waals surface area contributed by atoms with Gasteiger partial charge in [-0.15, -0.1) is 0 Å². The Hall–Kier alpha value is -0.650. The molecular formula is C11H22N2O3. The van der Waals surface area contributed by atoms with Gasteiger partial charge < -0.3 is 20.5 Å². The van der Waals surface area contributed by atoms with Crippen LogP contribution in [0.1, 0.15) is 26.7 Å². The minimum absolute atomic E-state index is 0.0787. The highest BCUT2D eigenvalue weighted by molar-refractivity contribution is 5.77. The second-order valence-electron chi connectivity index (χ2n) is 4.51. The van der Waals surface area contributed by atoms with E-state index in [0.717, 1.165) is 12.8 Å². The maximum atomic E-state index is 11.4. The number of ether oxygens (including phenoxy) is 2. The summed E-state index contributed by atoms with van der Waals surface area (Å²) in [6.07, 6.45) is 1.52. The van der Waals surface area contributed by atoms with Gasteiger partial charge in [0.1, 0.15) is 6.61 Å². The van der Waals surface area contributed by atoms with Crippen molar-refractivity contribution in [2.24, 2.45) is 5.73 Å². The van der Waals surface area contributed by atoms with Crippen molar-refractivity contribution in [3.8, 4) is 0 Å². The second-order valence-corrected chi connectivity index (χ2v) is 4.51. The fraction of sp³-hybridized carbons (Fsp3) is 0.909. The van der Waals surface area contributed by atoms with E-state index in [1.54, 1.807) is 0 Å². The Kier molecular flexibility index (Phi) is 5.18. The van der Waals surface area contributed by atoms with Crippen LogP contribution >= 0.6 is 0 Å². The normalized spacial score (nSPS) is 19.8. The summed E-state index contributed by atoms with van der Waals surface area (Å²) in [6, 6.07) is 0.139. The molecule has 3 N–H and O–H groups in total. The largest absolute Gasteiger partial charge is 0.381 e. The summed E-state index contributed by atoms with van der Waals surface area (Å²) in [5.41, 5.74) is 5.34. The second kappa shape index (κ2) is 6.18. The van der Waals surface area contributed by atoms with E-state index in [1.807, 2.05) is 13.8 Å². The van der Waals surface area contributed by atoms with Crippen molar-refractivity contribution < 1.29 is 14.3 Å². The van der Waals surface area contributed by atoms with Gasteiger partial charge in [-0.05, 0) is 13.8 Å². The summed E-state index contributed by atoms with van der Waals surface area (Å²) < 4.78 is 10.9. The van der Waals surface area contributed by atoms with Crippen LogP contribution in [-0.2, 0) is 14.3 Å². The van der Waals surface area contributed by atoms with E-state index in [9.17, 15) is 4.79 Å². The first-order chi connectivity index (χ1) is 7.58. The Labute approximate surface area is 96.7 Å². The van der Waals surface area contributed by atoms with Crippen LogP contribution in [0.15, 0.2) is 0 Å². The molecule has 0 aromatic carbocycles. The maximum absolute atomic E-state index is 11.4. The molecule has 0 unspecified atom stereocenters. The summed E-state index contributed by atoms with van der Waals surface area (Å²) in [4.78, 5) is 11.4. The molecule has 1 saturated heterocycles. The number of carbonyl (C=O) groups excluding carboxylic acids is 1. The van der Waals surface area contributed by atoms with Crippen LogP contribution in [0, 0.1) is 0 Å². The molecule has 0 aromatic rings. The standard InChI is InChI=1S/C11H22N2O3/c1-9(2)13-10(14)7-16-11(8-12)3-5-15-6-4-11/h9H,3-8,12H2,1-2H3,(H,13,14). The number of nitrogens with one attached hydrogen (secondary N) is 1. The van der Waals surface area contributed by atoms with Crippen LogP contribution < -0.4 is 11.1 Å². The molecule has 1 heterocycles. The number of hydrogen-bond donors (Lipinski definition) is 2. The van der Waals surface area contributed by atoms with Crippen molar-refractivity contribution in [3.05, 3.63) is 0 Å². The van der Waals surface area contributed by atoms with E-state index in [2.05, 4.69) is 5.32 Å². The van der Waals surface area contributed by atoms with E-state index in [-0.39, 0.29) is 24.2 Å². The number of nitrogens with two attached hydrogens (primary N) is 1. The van der Waals surface area contributed by atoms with Gasteiger partial charge in [-0.25, -0.2) is 0 Å². The zero-order valence-corrected chi connectivity index (χ0v) is 10.1. The Balaban J connectivity index is 2.35. The number of hydrogen-bond acceptors (Lipinski definition) is 4. The summed E-state index contributed by atoms with van der Waals surface area (Å²) >= 11 is 0. The predicted octanol–water partition coefficient (Wildman–Crippen LogP) is 0.0355. The lowest BCUT2D eigenvalue weighted by Crippen LogP contribution is -2.47. The van der Waals surface area contributed by atoms with Crippen LogP contribution in [-0.4, -0.2) is 43.9 Å². The number of carbonyl (C=O) groups is 1. The van der Waals surface area contributed by atoms with Crippen molar-refractivity contribution in [1.29, 1.82) is 0 Å². The number of amides is 1. The van der Waals surface area contributed by atoms with Crippen LogP contribution in [0.25, 0.3) is 0 Å². The van der Waals surface area contributed by atoms with E-state index >= 15 is 0 Å². The smallest absolute Gasteiger partial charge is 0.246 e. The third kappa shape index (κ3) is 4.08. The van der Waals surface area contributed by atoms with Crippen LogP contribution in [0.2, 0.25) is 0 Å². The molecule has 0 atom stereocenters. The average molecular weight is 230 g/mol. The third-order valence-electron chi connectivity index (χ3n) is 2.74. The Morgan fingerprint density at radius 1 is 1.50 bits per heavy atom. The van der Waals surface area contributed by atoms with Gasteiger partial charge >= 0.3 is 0 Å². The SMILES string of the molecule is CC(C)NC(=O)COC1(CN)CCOCC1. The van der Waals surface area contributed by atoms with Gasteiger partial charge in [0.25, 0.3) is 0 Å². The van der Waals surface area contributed by atoms with E-state index in [4.69, 9.17) is 15.2 Å². The van der Waals surface area contributed by atoms with Gasteiger partial charge in [0, 0.05) is 38.6 Å². The molecular weight excluding hydrogens is 208 g/mol. The van der Waals surface area contributed by atoms with Gasteiger partial charge in [0.15, 0.2) is 0 Å². The monoisotopic (exact) mass is 230 g/mol. The topological polar surface area (TPSA) is 73.6 Å². The molecule has 0 aromatic heterocycles. The highest BCUT2D eigenvalue weighted by atomic mass is 16.5. The summed E-state index contributed by atoms with van der Waals surface area (Å²) in [7, 11) is 0. The Bertz CT molecular complexity index is 225. The minimum atomic E-state index is -0.368. The minimum Gasteiger partial charge on any atom is -0.381 e. The summed E-state index contributed by atoms with van der Waals surface area (Å²) in [5, 5.41) is 2.79. The quantitative estimate of drug-likeness (QED) is 0.699.